The Labute approximate surface area is 127 Å². The van der Waals surface area contributed by atoms with E-state index < -0.39 is 10.0 Å². The molecule has 0 radical (unpaired) electrons. The zero-order chi connectivity index (χ0) is 15.8. The van der Waals surface area contributed by atoms with Crippen LogP contribution in [0.15, 0.2) is 17.0 Å². The molecule has 0 spiro atoms. The minimum atomic E-state index is -3.53. The molecule has 0 aromatic heterocycles. The monoisotopic (exact) mass is 311 g/mol. The van der Waals surface area contributed by atoms with E-state index in [0.29, 0.717) is 23.6 Å². The highest BCUT2D eigenvalue weighted by atomic mass is 32.2. The summed E-state index contributed by atoms with van der Waals surface area (Å²) in [6, 6.07) is 3.40. The van der Waals surface area contributed by atoms with E-state index in [1.165, 1.54) is 0 Å². The third-order valence-corrected chi connectivity index (χ3v) is 6.37. The molecule has 1 saturated carbocycles. The zero-order valence-electron chi connectivity index (χ0n) is 13.2. The van der Waals surface area contributed by atoms with Crippen molar-refractivity contribution < 1.29 is 13.5 Å². The molecule has 1 aliphatic rings. The van der Waals surface area contributed by atoms with Crippen LogP contribution in [0.1, 0.15) is 43.4 Å². The average Bonchev–Trinajstić information content (AvgIpc) is 3.17. The van der Waals surface area contributed by atoms with Gasteiger partial charge in [0.1, 0.15) is 0 Å². The normalized spacial score (nSPS) is 17.2. The first-order valence-corrected chi connectivity index (χ1v) is 8.91. The van der Waals surface area contributed by atoms with Gasteiger partial charge in [0.15, 0.2) is 0 Å². The second kappa shape index (κ2) is 5.71. The number of aliphatic hydroxyl groups is 1. The molecule has 1 aromatic rings. The molecule has 21 heavy (non-hydrogen) atoms. The molecule has 4 nitrogen and oxygen atoms in total. The number of nitrogens with one attached hydrogen (secondary N) is 1. The first-order chi connectivity index (χ1) is 9.72. The number of sulfonamides is 1. The number of benzene rings is 1. The van der Waals surface area contributed by atoms with Gasteiger partial charge in [-0.25, -0.2) is 13.1 Å². The van der Waals surface area contributed by atoms with Crippen LogP contribution in [0, 0.1) is 25.2 Å². The third-order valence-electron chi connectivity index (χ3n) is 4.82. The molecule has 0 unspecified atom stereocenters. The van der Waals surface area contributed by atoms with E-state index in [4.69, 9.17) is 0 Å². The van der Waals surface area contributed by atoms with Crippen molar-refractivity contribution >= 4 is 10.0 Å². The fraction of sp³-hybridized carbons (Fsp3) is 0.625. The van der Waals surface area contributed by atoms with Gasteiger partial charge in [-0.3, -0.25) is 0 Å². The van der Waals surface area contributed by atoms with Crippen LogP contribution in [-0.2, 0) is 16.6 Å². The molecule has 2 N–H and O–H groups in total. The molecule has 0 atom stereocenters. The zero-order valence-corrected chi connectivity index (χ0v) is 14.0. The highest BCUT2D eigenvalue weighted by Crippen LogP contribution is 2.51. The van der Waals surface area contributed by atoms with Crippen molar-refractivity contribution in [2.45, 2.75) is 52.0 Å². The summed E-state index contributed by atoms with van der Waals surface area (Å²) in [5.74, 6) is 0.479. The lowest BCUT2D eigenvalue weighted by molar-refractivity contribution is 0.280. The number of aryl methyl sites for hydroxylation is 2. The van der Waals surface area contributed by atoms with E-state index in [1.807, 2.05) is 13.0 Å². The van der Waals surface area contributed by atoms with Crippen LogP contribution in [0.5, 0.6) is 0 Å². The first kappa shape index (κ1) is 16.5. The summed E-state index contributed by atoms with van der Waals surface area (Å²) in [6.07, 6.45) is 2.17. The molecule has 118 valence electrons. The van der Waals surface area contributed by atoms with E-state index in [0.717, 1.165) is 18.4 Å². The van der Waals surface area contributed by atoms with Gasteiger partial charge >= 0.3 is 0 Å². The van der Waals surface area contributed by atoms with Crippen LogP contribution in [0.4, 0.5) is 0 Å². The number of hydrogen-bond donors (Lipinski definition) is 2. The van der Waals surface area contributed by atoms with Crippen molar-refractivity contribution in [3.8, 4) is 0 Å². The minimum Gasteiger partial charge on any atom is -0.392 e. The molecule has 5 heteroatoms. The first-order valence-electron chi connectivity index (χ1n) is 7.42. The lowest BCUT2D eigenvalue weighted by atomic mass is 9.93. The van der Waals surface area contributed by atoms with E-state index in [2.05, 4.69) is 18.6 Å². The molecule has 0 saturated heterocycles. The van der Waals surface area contributed by atoms with E-state index in [9.17, 15) is 13.5 Å². The predicted octanol–water partition coefficient (Wildman–Crippen LogP) is 2.51. The molecule has 0 heterocycles. The maximum Gasteiger partial charge on any atom is 0.240 e. The topological polar surface area (TPSA) is 66.4 Å². The molecule has 0 aliphatic heterocycles. The van der Waals surface area contributed by atoms with Crippen molar-refractivity contribution in [3.63, 3.8) is 0 Å². The Hall–Kier alpha value is -0.910. The van der Waals surface area contributed by atoms with Gasteiger partial charge in [0.25, 0.3) is 0 Å². The predicted molar refractivity (Wildman–Crippen MR) is 83.5 cm³/mol. The van der Waals surface area contributed by atoms with Gasteiger partial charge in [-0.05, 0) is 60.8 Å². The van der Waals surface area contributed by atoms with Crippen LogP contribution >= 0.6 is 0 Å². The molecule has 0 amide bonds. The van der Waals surface area contributed by atoms with Crippen LogP contribution in [-0.4, -0.2) is 20.1 Å². The summed E-state index contributed by atoms with van der Waals surface area (Å²) in [5, 5.41) is 9.33. The molecule has 1 aromatic carbocycles. The molecule has 0 bridgehead atoms. The Morgan fingerprint density at radius 2 is 1.86 bits per heavy atom. The molecule has 1 fully saturated rings. The standard InChI is InChI=1S/C16H25NO3S/c1-11(2)16(5-6-16)10-17-21(19,20)15-8-14(9-18)12(3)7-13(15)4/h7-8,11,17-18H,5-6,9-10H2,1-4H3. The number of rotatable bonds is 6. The molecular formula is C16H25NO3S. The summed E-state index contributed by atoms with van der Waals surface area (Å²) in [6.45, 7) is 8.29. The van der Waals surface area contributed by atoms with Gasteiger partial charge < -0.3 is 5.11 Å². The van der Waals surface area contributed by atoms with Crippen molar-refractivity contribution in [2.24, 2.45) is 11.3 Å². The van der Waals surface area contributed by atoms with Crippen molar-refractivity contribution in [2.75, 3.05) is 6.54 Å². The maximum absolute atomic E-state index is 12.5. The third kappa shape index (κ3) is 3.30. The van der Waals surface area contributed by atoms with E-state index >= 15 is 0 Å². The number of aliphatic hydroxyl groups excluding tert-OH is 1. The summed E-state index contributed by atoms with van der Waals surface area (Å²) in [4.78, 5) is 0.275. The number of hydrogen-bond acceptors (Lipinski definition) is 3. The SMILES string of the molecule is Cc1cc(C)c(S(=O)(=O)NCC2(C(C)C)CC2)cc1CO. The van der Waals surface area contributed by atoms with Crippen LogP contribution in [0.25, 0.3) is 0 Å². The average molecular weight is 311 g/mol. The molecule has 1 aliphatic carbocycles. The lowest BCUT2D eigenvalue weighted by Crippen LogP contribution is -2.33. The Morgan fingerprint density at radius 1 is 1.24 bits per heavy atom. The van der Waals surface area contributed by atoms with Gasteiger partial charge in [-0.15, -0.1) is 0 Å². The van der Waals surface area contributed by atoms with Crippen LogP contribution in [0.2, 0.25) is 0 Å². The highest BCUT2D eigenvalue weighted by molar-refractivity contribution is 7.89. The van der Waals surface area contributed by atoms with E-state index in [-0.39, 0.29) is 16.9 Å². The summed E-state index contributed by atoms with van der Waals surface area (Å²) >= 11 is 0. The van der Waals surface area contributed by atoms with Crippen LogP contribution < -0.4 is 4.72 Å². The second-order valence-electron chi connectivity index (χ2n) is 6.54. The summed E-state index contributed by atoms with van der Waals surface area (Å²) in [7, 11) is -3.53. The Bertz CT molecular complexity index is 631. The highest BCUT2D eigenvalue weighted by Gasteiger charge is 2.45. The summed E-state index contributed by atoms with van der Waals surface area (Å²) < 4.78 is 27.8. The Balaban J connectivity index is 2.24. The minimum absolute atomic E-state index is 0.130. The van der Waals surface area contributed by atoms with Gasteiger partial charge in [-0.1, -0.05) is 19.9 Å². The Kier molecular flexibility index (Phi) is 4.47. The summed E-state index contributed by atoms with van der Waals surface area (Å²) in [5.41, 5.74) is 2.42. The van der Waals surface area contributed by atoms with E-state index in [1.54, 1.807) is 13.0 Å². The quantitative estimate of drug-likeness (QED) is 0.848. The smallest absolute Gasteiger partial charge is 0.240 e. The Morgan fingerprint density at radius 3 is 2.33 bits per heavy atom. The van der Waals surface area contributed by atoms with Gasteiger partial charge in [0.05, 0.1) is 11.5 Å². The fourth-order valence-electron chi connectivity index (χ4n) is 2.77. The van der Waals surface area contributed by atoms with Crippen molar-refractivity contribution in [1.82, 2.24) is 4.72 Å². The maximum atomic E-state index is 12.5. The van der Waals surface area contributed by atoms with Crippen molar-refractivity contribution in [1.29, 1.82) is 0 Å². The largest absolute Gasteiger partial charge is 0.392 e. The molecule has 2 rings (SSSR count). The van der Waals surface area contributed by atoms with Gasteiger partial charge in [-0.2, -0.15) is 0 Å². The second-order valence-corrected chi connectivity index (χ2v) is 8.28. The molecular weight excluding hydrogens is 286 g/mol. The fourth-order valence-corrected chi connectivity index (χ4v) is 4.18. The van der Waals surface area contributed by atoms with Gasteiger partial charge in [0, 0.05) is 6.54 Å². The lowest BCUT2D eigenvalue weighted by Gasteiger charge is -2.20. The van der Waals surface area contributed by atoms with Gasteiger partial charge in [0.2, 0.25) is 10.0 Å². The van der Waals surface area contributed by atoms with Crippen LogP contribution in [0.3, 0.4) is 0 Å². The van der Waals surface area contributed by atoms with Crippen molar-refractivity contribution in [3.05, 3.63) is 28.8 Å².